The van der Waals surface area contributed by atoms with Crippen LogP contribution in [0.1, 0.15) is 77.0 Å². The number of fused-ring (bicyclic) bond motifs is 12. The maximum Gasteiger partial charge on any atom is 0.336 e. The Labute approximate surface area is 329 Å². The fourth-order valence-corrected chi connectivity index (χ4v) is 7.40. The predicted molar refractivity (Wildman–Crippen MR) is 211 cm³/mol. The van der Waals surface area contributed by atoms with Gasteiger partial charge < -0.3 is 17.2 Å². The zero-order chi connectivity index (χ0) is 41.5. The van der Waals surface area contributed by atoms with Gasteiger partial charge in [-0.05, 0) is 58.2 Å². The molecule has 5 rings (SSSR count). The van der Waals surface area contributed by atoms with E-state index in [1.807, 2.05) is 14.7 Å². The minimum atomic E-state index is -0.746. The summed E-state index contributed by atoms with van der Waals surface area (Å²) in [5.41, 5.74) is 11.4. The van der Waals surface area contributed by atoms with E-state index in [1.165, 1.54) is 0 Å². The zero-order valence-corrected chi connectivity index (χ0v) is 33.0. The van der Waals surface area contributed by atoms with Crippen molar-refractivity contribution in [2.24, 2.45) is 17.2 Å². The third-order valence-corrected chi connectivity index (χ3v) is 10.8. The van der Waals surface area contributed by atoms with Crippen LogP contribution < -0.4 is 51.3 Å². The summed E-state index contributed by atoms with van der Waals surface area (Å²) in [6.07, 6.45) is 6.27. The van der Waals surface area contributed by atoms with Gasteiger partial charge in [0.1, 0.15) is 0 Å². The first kappa shape index (κ1) is 44.8. The van der Waals surface area contributed by atoms with Crippen molar-refractivity contribution in [3.8, 4) is 0 Å². The molecule has 3 aliphatic rings. The maximum absolute atomic E-state index is 14.0. The van der Waals surface area contributed by atoms with E-state index in [9.17, 15) is 43.2 Å². The third-order valence-electron chi connectivity index (χ3n) is 10.8. The molecule has 0 aromatic carbocycles. The lowest BCUT2D eigenvalue weighted by Crippen LogP contribution is -2.58. The molecule has 5 heterocycles. The highest BCUT2D eigenvalue weighted by atomic mass is 16.2. The van der Waals surface area contributed by atoms with Crippen LogP contribution in [0, 0.1) is 0 Å². The van der Waals surface area contributed by atoms with Crippen LogP contribution in [0.4, 0.5) is 0 Å². The third kappa shape index (κ3) is 13.1. The Hall–Kier alpha value is -4.89. The molecule has 2 aromatic heterocycles. The van der Waals surface area contributed by atoms with Gasteiger partial charge in [-0.2, -0.15) is 0 Å². The molecule has 6 N–H and O–H groups in total. The van der Waals surface area contributed by atoms with Gasteiger partial charge in [0.25, 0.3) is 0 Å². The number of hydrogen-bond donors (Lipinski definition) is 3. The largest absolute Gasteiger partial charge is 0.370 e. The number of unbranched alkanes of at least 4 members (excludes halogenated alkanes) is 6. The van der Waals surface area contributed by atoms with E-state index in [0.29, 0.717) is 77.4 Å². The monoisotopic (exact) mass is 804 g/mol. The van der Waals surface area contributed by atoms with Gasteiger partial charge in [0.2, 0.25) is 17.7 Å². The van der Waals surface area contributed by atoms with Gasteiger partial charge in [0.05, 0.1) is 0 Å². The molecule has 0 fully saturated rings. The first-order chi connectivity index (χ1) is 27.3. The van der Waals surface area contributed by atoms with E-state index in [2.05, 4.69) is 0 Å². The molecule has 6 bridgehead atoms. The van der Waals surface area contributed by atoms with Crippen molar-refractivity contribution in [2.45, 2.75) is 116 Å². The van der Waals surface area contributed by atoms with Crippen molar-refractivity contribution < 1.29 is 14.4 Å². The lowest BCUT2D eigenvalue weighted by Gasteiger charge is -2.27. The molecule has 21 nitrogen and oxygen atoms in total. The number of carbonyl (C=O) groups is 3. The van der Waals surface area contributed by atoms with Gasteiger partial charge in [0.15, 0.2) is 0 Å². The van der Waals surface area contributed by atoms with Crippen LogP contribution in [0.3, 0.4) is 0 Å². The standard InChI is InChI=1S/C36H60N12O9/c37-28(49)10-4-1-7-13-40-16-22-43-31(52)45-24-18-41(14-8-2-5-11-29(38)50)19-25-46-32(53)44(23-17-40)34(55)48(36(46)57)27-21-42(15-9-3-6-12-30(39)51)20-26-47(33(43)54)35(45)56/h1-27H2,(H2,37,49)(H2,38,50)(H2,39,51). The average Bonchev–Trinajstić information content (AvgIpc) is 3.14. The van der Waals surface area contributed by atoms with Crippen LogP contribution in [0.5, 0.6) is 0 Å². The first-order valence-electron chi connectivity index (χ1n) is 20.2. The van der Waals surface area contributed by atoms with Gasteiger partial charge in [-0.1, -0.05) is 19.3 Å². The van der Waals surface area contributed by atoms with Gasteiger partial charge in [-0.15, -0.1) is 0 Å². The molecule has 0 unspecified atom stereocenters. The van der Waals surface area contributed by atoms with Crippen LogP contribution in [0.15, 0.2) is 28.8 Å². The molecule has 318 valence electrons. The highest BCUT2D eigenvalue weighted by Crippen LogP contribution is 2.06. The van der Waals surface area contributed by atoms with Crippen LogP contribution in [-0.2, 0) is 53.7 Å². The summed E-state index contributed by atoms with van der Waals surface area (Å²) < 4.78 is 6.42. The Kier molecular flexibility index (Phi) is 17.4. The number of rotatable bonds is 18. The lowest BCUT2D eigenvalue weighted by atomic mass is 10.2. The fraction of sp³-hybridized carbons (Fsp3) is 0.750. The molecule has 0 radical (unpaired) electrons. The summed E-state index contributed by atoms with van der Waals surface area (Å²) in [6, 6.07) is 0. The Balaban J connectivity index is 1.81. The minimum Gasteiger partial charge on any atom is -0.370 e. The number of amides is 3. The summed E-state index contributed by atoms with van der Waals surface area (Å²) in [5, 5.41) is 0. The summed E-state index contributed by atoms with van der Waals surface area (Å²) >= 11 is 0. The fourth-order valence-electron chi connectivity index (χ4n) is 7.40. The molecule has 0 atom stereocenters. The number of hydrogen-bond acceptors (Lipinski definition) is 12. The Morgan fingerprint density at radius 1 is 0.316 bits per heavy atom. The smallest absolute Gasteiger partial charge is 0.336 e. The summed E-state index contributed by atoms with van der Waals surface area (Å²) in [7, 11) is 0. The zero-order valence-electron chi connectivity index (χ0n) is 33.0. The van der Waals surface area contributed by atoms with Crippen molar-refractivity contribution in [3.05, 3.63) is 62.9 Å². The molecule has 0 spiro atoms. The van der Waals surface area contributed by atoms with Crippen molar-refractivity contribution in [2.75, 3.05) is 58.9 Å². The number of carbonyl (C=O) groups excluding carboxylic acids is 3. The quantitative estimate of drug-likeness (QED) is 0.124. The van der Waals surface area contributed by atoms with E-state index in [-0.39, 0.29) is 97.8 Å². The highest BCUT2D eigenvalue weighted by molar-refractivity contribution is 5.74. The molecule has 21 heteroatoms. The van der Waals surface area contributed by atoms with Crippen molar-refractivity contribution in [1.82, 2.24) is 42.1 Å². The Bertz CT molecular complexity index is 1660. The molecule has 0 saturated heterocycles. The van der Waals surface area contributed by atoms with Gasteiger partial charge >= 0.3 is 34.1 Å². The van der Waals surface area contributed by atoms with Crippen LogP contribution in [0.25, 0.3) is 0 Å². The SMILES string of the molecule is NC(=O)CCCCCN1CCn2c(=O)n3c(=O)n(c2=O)CCN(CCCCCC(N)=O)CCn2c(=O)n(c(=O)n(c2=O)CCN(CCCCCC(N)=O)CC3)CC1. The number of aromatic nitrogens is 6. The molecule has 2 aromatic rings. The second-order valence-electron chi connectivity index (χ2n) is 15.0. The van der Waals surface area contributed by atoms with Crippen LogP contribution in [0.2, 0.25) is 0 Å². The minimum absolute atomic E-state index is 0.0784. The van der Waals surface area contributed by atoms with E-state index in [4.69, 9.17) is 17.2 Å². The lowest BCUT2D eigenvalue weighted by molar-refractivity contribution is -0.119. The number of primary amides is 3. The molecular weight excluding hydrogens is 744 g/mol. The second-order valence-corrected chi connectivity index (χ2v) is 15.0. The normalized spacial score (nSPS) is 16.2. The topological polar surface area (TPSA) is 271 Å². The number of nitrogens with two attached hydrogens (primary N) is 3. The molecule has 57 heavy (non-hydrogen) atoms. The van der Waals surface area contributed by atoms with E-state index in [0.717, 1.165) is 27.4 Å². The molecule has 3 aliphatic heterocycles. The van der Waals surface area contributed by atoms with E-state index in [1.54, 1.807) is 0 Å². The summed E-state index contributed by atoms with van der Waals surface area (Å²) in [5.74, 6) is -1.22. The number of nitrogens with zero attached hydrogens (tertiary/aromatic N) is 9. The second kappa shape index (κ2) is 22.2. The average molecular weight is 805 g/mol. The van der Waals surface area contributed by atoms with Crippen molar-refractivity contribution >= 4 is 17.7 Å². The van der Waals surface area contributed by atoms with Crippen LogP contribution in [-0.4, -0.2) is 119 Å². The van der Waals surface area contributed by atoms with Gasteiger partial charge in [-0.25, -0.2) is 56.2 Å². The molecular formula is C36H60N12O9. The van der Waals surface area contributed by atoms with Crippen molar-refractivity contribution in [1.29, 1.82) is 0 Å². The summed E-state index contributed by atoms with van der Waals surface area (Å²) in [4.78, 5) is 124. The molecule has 3 amide bonds. The Morgan fingerprint density at radius 2 is 0.509 bits per heavy atom. The maximum atomic E-state index is 14.0. The van der Waals surface area contributed by atoms with E-state index >= 15 is 0 Å². The Morgan fingerprint density at radius 3 is 0.684 bits per heavy atom. The molecule has 0 aliphatic carbocycles. The molecule has 0 saturated carbocycles. The predicted octanol–water partition coefficient (Wildman–Crippen LogP) is -3.57. The first-order valence-corrected chi connectivity index (χ1v) is 20.2. The summed E-state index contributed by atoms with van der Waals surface area (Å²) in [6.45, 7) is 1.89. The highest BCUT2D eigenvalue weighted by Gasteiger charge is 2.23. The van der Waals surface area contributed by atoms with Crippen molar-refractivity contribution in [3.63, 3.8) is 0 Å². The van der Waals surface area contributed by atoms with Crippen LogP contribution >= 0.6 is 0 Å². The van der Waals surface area contributed by atoms with Gasteiger partial charge in [-0.3, -0.25) is 29.1 Å². The van der Waals surface area contributed by atoms with Gasteiger partial charge in [0, 0.05) is 97.8 Å². The van der Waals surface area contributed by atoms with E-state index < -0.39 is 51.9 Å².